The maximum atomic E-state index is 14.6. The van der Waals surface area contributed by atoms with Crippen molar-refractivity contribution in [2.24, 2.45) is 0 Å². The van der Waals surface area contributed by atoms with Crippen LogP contribution in [0.4, 0.5) is 20.2 Å². The van der Waals surface area contributed by atoms with Crippen LogP contribution in [0.5, 0.6) is 0 Å². The van der Waals surface area contributed by atoms with Crippen molar-refractivity contribution in [1.82, 2.24) is 25.2 Å². The number of amides is 4. The molecule has 2 heterocycles. The van der Waals surface area contributed by atoms with Gasteiger partial charge in [0, 0.05) is 24.2 Å². The highest BCUT2D eigenvalue weighted by molar-refractivity contribution is 6.31. The average molecular weight is 642 g/mol. The Hall–Kier alpha value is -4.88. The lowest BCUT2D eigenvalue weighted by Gasteiger charge is -2.38. The summed E-state index contributed by atoms with van der Waals surface area (Å²) in [5, 5.41) is 13.0. The Morgan fingerprint density at radius 1 is 0.955 bits per heavy atom. The number of nitrogens with zero attached hydrogens (tertiary/aromatic N) is 5. The van der Waals surface area contributed by atoms with Gasteiger partial charge in [0.25, 0.3) is 5.91 Å². The number of nitrogens with one attached hydrogen (secondary N) is 2. The molecule has 5 rings (SSSR count). The van der Waals surface area contributed by atoms with E-state index < -0.39 is 54.4 Å². The average Bonchev–Trinajstić information content (AvgIpc) is 3.43. The summed E-state index contributed by atoms with van der Waals surface area (Å²) in [6.45, 7) is -0.941. The Morgan fingerprint density at radius 3 is 2.36 bits per heavy atom. The summed E-state index contributed by atoms with van der Waals surface area (Å²) in [4.78, 5) is 55.0. The van der Waals surface area contributed by atoms with E-state index in [1.54, 1.807) is 12.1 Å². The van der Waals surface area contributed by atoms with E-state index in [2.05, 4.69) is 20.9 Å². The standard InChI is InChI=1S/C29H23Cl2F2N7O4/c1-34-28(43)20-8-7-19(12-21(20)33)35-29(44)24(10-16-2-5-18(32)6-3-16)39-15-26(41)38(14-27(39)42)23-11-17(30)4-9-22(23)40-13-25(31)36-37-40/h2-9,11-13,24H,10,14-15H2,1H3,(H,34,43)(H,35,44). The normalized spacial score (nSPS) is 14.0. The van der Waals surface area contributed by atoms with Gasteiger partial charge in [0.2, 0.25) is 17.7 Å². The van der Waals surface area contributed by atoms with Crippen molar-refractivity contribution in [2.75, 3.05) is 30.4 Å². The molecule has 1 aromatic heterocycles. The molecule has 0 saturated carbocycles. The van der Waals surface area contributed by atoms with Crippen LogP contribution in [0.1, 0.15) is 15.9 Å². The number of aromatic nitrogens is 3. The van der Waals surface area contributed by atoms with Gasteiger partial charge >= 0.3 is 0 Å². The van der Waals surface area contributed by atoms with Crippen molar-refractivity contribution in [2.45, 2.75) is 12.5 Å². The highest BCUT2D eigenvalue weighted by Crippen LogP contribution is 2.30. The summed E-state index contributed by atoms with van der Waals surface area (Å²) in [7, 11) is 1.35. The van der Waals surface area contributed by atoms with Gasteiger partial charge in [-0.15, -0.1) is 5.10 Å². The maximum Gasteiger partial charge on any atom is 0.253 e. The van der Waals surface area contributed by atoms with E-state index in [0.29, 0.717) is 16.3 Å². The highest BCUT2D eigenvalue weighted by atomic mass is 35.5. The number of benzene rings is 3. The van der Waals surface area contributed by atoms with Crippen LogP contribution in [0.3, 0.4) is 0 Å². The minimum Gasteiger partial charge on any atom is -0.355 e. The molecule has 1 unspecified atom stereocenters. The first-order valence-electron chi connectivity index (χ1n) is 13.1. The van der Waals surface area contributed by atoms with E-state index in [0.717, 1.165) is 11.0 Å². The Morgan fingerprint density at radius 2 is 1.70 bits per heavy atom. The third-order valence-corrected chi connectivity index (χ3v) is 7.30. The Balaban J connectivity index is 1.43. The number of carbonyl (C=O) groups is 4. The second kappa shape index (κ2) is 12.8. The van der Waals surface area contributed by atoms with Gasteiger partial charge in [0.15, 0.2) is 5.15 Å². The fraction of sp³-hybridized carbons (Fsp3) is 0.172. The van der Waals surface area contributed by atoms with Gasteiger partial charge in [-0.05, 0) is 54.1 Å². The minimum absolute atomic E-state index is 0.0248. The summed E-state index contributed by atoms with van der Waals surface area (Å²) < 4.78 is 29.5. The van der Waals surface area contributed by atoms with Gasteiger partial charge in [-0.3, -0.25) is 24.1 Å². The summed E-state index contributed by atoms with van der Waals surface area (Å²) in [6.07, 6.45) is 1.34. The van der Waals surface area contributed by atoms with E-state index >= 15 is 0 Å². The zero-order valence-corrected chi connectivity index (χ0v) is 24.4. The van der Waals surface area contributed by atoms with Crippen LogP contribution < -0.4 is 15.5 Å². The number of halogens is 4. The molecule has 4 amide bonds. The van der Waals surface area contributed by atoms with Crippen LogP contribution in [-0.2, 0) is 20.8 Å². The van der Waals surface area contributed by atoms with E-state index in [9.17, 15) is 28.0 Å². The molecule has 1 atom stereocenters. The Labute approximate surface area is 259 Å². The summed E-state index contributed by atoms with van der Waals surface area (Å²) >= 11 is 12.2. The van der Waals surface area contributed by atoms with Gasteiger partial charge in [0.05, 0.1) is 23.1 Å². The third kappa shape index (κ3) is 6.53. The SMILES string of the molecule is CNC(=O)c1ccc(NC(=O)C(Cc2ccc(F)cc2)N2CC(=O)N(c3cc(Cl)ccc3-n3cc(Cl)nn3)CC2=O)cc1F. The number of carbonyl (C=O) groups excluding carboxylic acids is 4. The number of piperazine rings is 1. The molecule has 0 bridgehead atoms. The van der Waals surface area contributed by atoms with Crippen molar-refractivity contribution < 1.29 is 28.0 Å². The van der Waals surface area contributed by atoms with Crippen LogP contribution in [-0.4, -0.2) is 69.7 Å². The third-order valence-electron chi connectivity index (χ3n) is 6.89. The van der Waals surface area contributed by atoms with Crippen molar-refractivity contribution in [3.63, 3.8) is 0 Å². The van der Waals surface area contributed by atoms with Crippen molar-refractivity contribution in [3.8, 4) is 5.69 Å². The second-order valence-corrected chi connectivity index (χ2v) is 10.6. The lowest BCUT2D eigenvalue weighted by atomic mass is 10.0. The van der Waals surface area contributed by atoms with Gasteiger partial charge in [-0.1, -0.05) is 40.5 Å². The van der Waals surface area contributed by atoms with Crippen molar-refractivity contribution in [3.05, 3.63) is 99.8 Å². The summed E-state index contributed by atoms with van der Waals surface area (Å²) in [5.41, 5.74) is 0.959. The molecule has 1 saturated heterocycles. The molecular weight excluding hydrogens is 619 g/mol. The van der Waals surface area contributed by atoms with Crippen LogP contribution in [0.25, 0.3) is 5.69 Å². The molecule has 0 spiro atoms. The van der Waals surface area contributed by atoms with E-state index in [4.69, 9.17) is 23.2 Å². The van der Waals surface area contributed by atoms with Crippen LogP contribution in [0.2, 0.25) is 10.2 Å². The maximum absolute atomic E-state index is 14.6. The van der Waals surface area contributed by atoms with Gasteiger partial charge in [0.1, 0.15) is 30.8 Å². The number of hydrogen-bond acceptors (Lipinski definition) is 6. The molecule has 11 nitrogen and oxygen atoms in total. The Kier molecular flexibility index (Phi) is 8.88. The van der Waals surface area contributed by atoms with Gasteiger partial charge < -0.3 is 15.5 Å². The molecule has 15 heteroatoms. The molecule has 1 fully saturated rings. The van der Waals surface area contributed by atoms with Gasteiger partial charge in [-0.25, -0.2) is 13.5 Å². The summed E-state index contributed by atoms with van der Waals surface area (Å²) in [6, 6.07) is 12.3. The van der Waals surface area contributed by atoms with Gasteiger partial charge in [-0.2, -0.15) is 0 Å². The number of rotatable bonds is 8. The molecule has 1 aliphatic heterocycles. The van der Waals surface area contributed by atoms with Crippen LogP contribution >= 0.6 is 23.2 Å². The summed E-state index contributed by atoms with van der Waals surface area (Å²) in [5.74, 6) is -3.84. The van der Waals surface area contributed by atoms with Crippen molar-refractivity contribution >= 4 is 58.2 Å². The highest BCUT2D eigenvalue weighted by Gasteiger charge is 2.39. The Bertz CT molecular complexity index is 1770. The topological polar surface area (TPSA) is 130 Å². The first kappa shape index (κ1) is 30.6. The van der Waals surface area contributed by atoms with Crippen LogP contribution in [0, 0.1) is 11.6 Å². The molecule has 44 heavy (non-hydrogen) atoms. The first-order valence-corrected chi connectivity index (χ1v) is 13.8. The van der Waals surface area contributed by atoms with E-state index in [1.807, 2.05) is 0 Å². The molecule has 4 aromatic rings. The second-order valence-electron chi connectivity index (χ2n) is 9.73. The largest absolute Gasteiger partial charge is 0.355 e. The van der Waals surface area contributed by atoms with E-state index in [-0.39, 0.29) is 28.5 Å². The molecule has 3 aromatic carbocycles. The quantitative estimate of drug-likeness (QED) is 0.302. The molecule has 2 N–H and O–H groups in total. The monoisotopic (exact) mass is 641 g/mol. The number of hydrogen-bond donors (Lipinski definition) is 2. The molecule has 1 aliphatic rings. The lowest BCUT2D eigenvalue weighted by Crippen LogP contribution is -2.60. The minimum atomic E-state index is -1.24. The number of anilines is 2. The zero-order valence-electron chi connectivity index (χ0n) is 22.9. The van der Waals surface area contributed by atoms with Crippen molar-refractivity contribution in [1.29, 1.82) is 0 Å². The zero-order chi connectivity index (χ0) is 31.5. The smallest absolute Gasteiger partial charge is 0.253 e. The molecule has 0 aliphatic carbocycles. The fourth-order valence-corrected chi connectivity index (χ4v) is 5.02. The predicted octanol–water partition coefficient (Wildman–Crippen LogP) is 3.64. The molecule has 0 radical (unpaired) electrons. The first-order chi connectivity index (χ1) is 21.0. The fourth-order valence-electron chi connectivity index (χ4n) is 4.73. The van der Waals surface area contributed by atoms with Crippen LogP contribution in [0.15, 0.2) is 66.9 Å². The molecule has 226 valence electrons. The van der Waals surface area contributed by atoms with E-state index in [1.165, 1.54) is 65.3 Å². The predicted molar refractivity (Wildman–Crippen MR) is 158 cm³/mol. The molecular formula is C29H23Cl2F2N7O4. The lowest BCUT2D eigenvalue weighted by molar-refractivity contribution is -0.143.